The number of sulfonamides is 1. The van der Waals surface area contributed by atoms with Gasteiger partial charge in [-0.25, -0.2) is 13.1 Å². The summed E-state index contributed by atoms with van der Waals surface area (Å²) in [7, 11) is -3.31. The van der Waals surface area contributed by atoms with Gasteiger partial charge in [0.2, 0.25) is 10.0 Å². The van der Waals surface area contributed by atoms with Gasteiger partial charge in [-0.1, -0.05) is 29.3 Å². The second kappa shape index (κ2) is 6.03. The van der Waals surface area contributed by atoms with Crippen LogP contribution in [0.15, 0.2) is 16.3 Å². The molecule has 102 valence electrons. The fraction of sp³-hybridized carbons (Fsp3) is 0.667. The molecule has 0 amide bonds. The molecule has 18 heavy (non-hydrogen) atoms. The zero-order chi connectivity index (χ0) is 13.2. The Morgan fingerprint density at radius 3 is 2.78 bits per heavy atom. The van der Waals surface area contributed by atoms with Crippen molar-refractivity contribution in [3.63, 3.8) is 0 Å². The minimum absolute atomic E-state index is 0.422. The van der Waals surface area contributed by atoms with E-state index in [9.17, 15) is 8.42 Å². The van der Waals surface area contributed by atoms with Gasteiger partial charge in [0, 0.05) is 16.2 Å². The third-order valence-corrected chi connectivity index (χ3v) is 7.70. The fourth-order valence-corrected chi connectivity index (χ4v) is 5.41. The van der Waals surface area contributed by atoms with E-state index in [1.54, 1.807) is 6.07 Å². The van der Waals surface area contributed by atoms with E-state index in [2.05, 4.69) is 20.7 Å². The molecule has 1 fully saturated rings. The minimum Gasteiger partial charge on any atom is -0.210 e. The van der Waals surface area contributed by atoms with Crippen molar-refractivity contribution in [2.24, 2.45) is 5.92 Å². The van der Waals surface area contributed by atoms with E-state index in [0.717, 1.165) is 24.1 Å². The third kappa shape index (κ3) is 3.35. The molecule has 1 saturated carbocycles. The molecule has 0 saturated heterocycles. The third-order valence-electron chi connectivity index (χ3n) is 3.35. The van der Waals surface area contributed by atoms with E-state index in [1.807, 2.05) is 13.0 Å². The predicted molar refractivity (Wildman–Crippen MR) is 78.9 cm³/mol. The van der Waals surface area contributed by atoms with Crippen LogP contribution < -0.4 is 4.72 Å². The lowest BCUT2D eigenvalue weighted by Gasteiger charge is -2.14. The molecule has 2 unspecified atom stereocenters. The maximum absolute atomic E-state index is 12.1. The second-order valence-electron chi connectivity index (χ2n) is 4.63. The van der Waals surface area contributed by atoms with Crippen LogP contribution >= 0.6 is 27.3 Å². The average Bonchev–Trinajstić information content (AvgIpc) is 2.95. The van der Waals surface area contributed by atoms with E-state index in [1.165, 1.54) is 17.8 Å². The van der Waals surface area contributed by atoms with Crippen molar-refractivity contribution in [1.82, 2.24) is 4.72 Å². The van der Waals surface area contributed by atoms with Gasteiger partial charge in [-0.2, -0.15) is 0 Å². The highest BCUT2D eigenvalue weighted by Crippen LogP contribution is 2.31. The van der Waals surface area contributed by atoms with Gasteiger partial charge in [-0.3, -0.25) is 0 Å². The topological polar surface area (TPSA) is 46.2 Å². The number of nitrogens with one attached hydrogen (secondary N) is 1. The fourth-order valence-electron chi connectivity index (χ4n) is 2.20. The number of alkyl halides is 1. The van der Waals surface area contributed by atoms with E-state index >= 15 is 0 Å². The van der Waals surface area contributed by atoms with Crippen LogP contribution in [0.4, 0.5) is 0 Å². The first kappa shape index (κ1) is 14.5. The Labute approximate surface area is 121 Å². The van der Waals surface area contributed by atoms with Crippen molar-refractivity contribution >= 4 is 37.3 Å². The molecule has 1 aromatic heterocycles. The highest BCUT2D eigenvalue weighted by molar-refractivity contribution is 9.09. The van der Waals surface area contributed by atoms with E-state index in [4.69, 9.17) is 0 Å². The molecule has 0 aliphatic heterocycles. The summed E-state index contributed by atoms with van der Waals surface area (Å²) in [4.78, 5) is 1.56. The first-order chi connectivity index (χ1) is 8.53. The molecule has 0 bridgehead atoms. The Balaban J connectivity index is 1.98. The molecule has 0 spiro atoms. The van der Waals surface area contributed by atoms with Gasteiger partial charge in [0.25, 0.3) is 0 Å². The van der Waals surface area contributed by atoms with Crippen LogP contribution in [0, 0.1) is 5.92 Å². The van der Waals surface area contributed by atoms with Gasteiger partial charge < -0.3 is 0 Å². The summed E-state index contributed by atoms with van der Waals surface area (Å²) in [5.74, 6) is 0.422. The van der Waals surface area contributed by atoms with Gasteiger partial charge in [0.1, 0.15) is 4.21 Å². The van der Waals surface area contributed by atoms with E-state index < -0.39 is 10.0 Å². The summed E-state index contributed by atoms with van der Waals surface area (Å²) in [6.07, 6.45) is 4.31. The number of aryl methyl sites for hydroxylation is 1. The minimum atomic E-state index is -3.31. The van der Waals surface area contributed by atoms with Crippen LogP contribution in [0.25, 0.3) is 0 Å². The van der Waals surface area contributed by atoms with Crippen molar-refractivity contribution < 1.29 is 8.42 Å². The average molecular weight is 352 g/mol. The van der Waals surface area contributed by atoms with Crippen LogP contribution in [0.2, 0.25) is 0 Å². The molecule has 6 heteroatoms. The number of thiophene rings is 1. The zero-order valence-electron chi connectivity index (χ0n) is 10.4. The van der Waals surface area contributed by atoms with Gasteiger partial charge in [0.05, 0.1) is 0 Å². The molecule has 1 aliphatic rings. The number of rotatable bonds is 5. The van der Waals surface area contributed by atoms with Crippen molar-refractivity contribution in [3.05, 3.63) is 17.0 Å². The summed E-state index contributed by atoms with van der Waals surface area (Å²) in [6.45, 7) is 2.57. The van der Waals surface area contributed by atoms with Gasteiger partial charge in [-0.05, 0) is 37.3 Å². The van der Waals surface area contributed by atoms with E-state index in [-0.39, 0.29) is 0 Å². The van der Waals surface area contributed by atoms with Crippen LogP contribution in [-0.2, 0) is 16.4 Å². The molecule has 1 N–H and O–H groups in total. The Bertz CT molecular complexity index is 498. The smallest absolute Gasteiger partial charge is 0.210 e. The summed E-state index contributed by atoms with van der Waals surface area (Å²) < 4.78 is 27.4. The Kier molecular flexibility index (Phi) is 4.86. The molecule has 0 aromatic carbocycles. The lowest BCUT2D eigenvalue weighted by atomic mass is 10.1. The first-order valence-corrected chi connectivity index (χ1v) is 9.47. The molecular formula is C12H18BrNO2S2. The van der Waals surface area contributed by atoms with Crippen molar-refractivity contribution in [3.8, 4) is 0 Å². The standard InChI is InChI=1S/C12H18BrNO2S2/c1-2-10-6-7-12(17-10)18(15,16)14-8-9-4-3-5-11(9)13/h6-7,9,11,14H,2-5,8H2,1H3. The number of hydrogen-bond acceptors (Lipinski definition) is 3. The highest BCUT2D eigenvalue weighted by Gasteiger charge is 2.27. The SMILES string of the molecule is CCc1ccc(S(=O)(=O)NCC2CCCC2Br)s1. The van der Waals surface area contributed by atoms with Gasteiger partial charge >= 0.3 is 0 Å². The lowest BCUT2D eigenvalue weighted by molar-refractivity contribution is 0.530. The monoisotopic (exact) mass is 351 g/mol. The maximum Gasteiger partial charge on any atom is 0.250 e. The lowest BCUT2D eigenvalue weighted by Crippen LogP contribution is -2.30. The Morgan fingerprint density at radius 1 is 1.44 bits per heavy atom. The Hall–Kier alpha value is 0.0900. The first-order valence-electron chi connectivity index (χ1n) is 6.25. The molecule has 1 heterocycles. The number of hydrogen-bond donors (Lipinski definition) is 1. The quantitative estimate of drug-likeness (QED) is 0.828. The molecule has 2 rings (SSSR count). The largest absolute Gasteiger partial charge is 0.250 e. The van der Waals surface area contributed by atoms with Crippen LogP contribution in [-0.4, -0.2) is 19.8 Å². The van der Waals surface area contributed by atoms with Gasteiger partial charge in [-0.15, -0.1) is 11.3 Å². The summed E-state index contributed by atoms with van der Waals surface area (Å²) >= 11 is 4.97. The van der Waals surface area contributed by atoms with Gasteiger partial charge in [0.15, 0.2) is 0 Å². The second-order valence-corrected chi connectivity index (χ2v) is 8.97. The van der Waals surface area contributed by atoms with Crippen LogP contribution in [0.1, 0.15) is 31.1 Å². The molecular weight excluding hydrogens is 334 g/mol. The maximum atomic E-state index is 12.1. The molecule has 3 nitrogen and oxygen atoms in total. The Morgan fingerprint density at radius 2 is 2.22 bits per heavy atom. The normalized spacial score (nSPS) is 24.6. The summed E-state index contributed by atoms with van der Waals surface area (Å²) in [5.41, 5.74) is 0. The summed E-state index contributed by atoms with van der Waals surface area (Å²) in [5, 5.41) is 0. The van der Waals surface area contributed by atoms with Crippen molar-refractivity contribution in [2.45, 2.75) is 41.6 Å². The van der Waals surface area contributed by atoms with E-state index in [0.29, 0.717) is 21.5 Å². The molecule has 2 atom stereocenters. The number of halogens is 1. The molecule has 1 aromatic rings. The van der Waals surface area contributed by atoms with Crippen LogP contribution in [0.5, 0.6) is 0 Å². The summed E-state index contributed by atoms with van der Waals surface area (Å²) in [6, 6.07) is 3.59. The predicted octanol–water partition coefficient (Wildman–Crippen LogP) is 3.15. The molecule has 0 radical (unpaired) electrons. The zero-order valence-corrected chi connectivity index (χ0v) is 13.6. The van der Waals surface area contributed by atoms with Crippen molar-refractivity contribution in [1.29, 1.82) is 0 Å². The van der Waals surface area contributed by atoms with Crippen LogP contribution in [0.3, 0.4) is 0 Å². The molecule has 1 aliphatic carbocycles. The highest BCUT2D eigenvalue weighted by atomic mass is 79.9. The van der Waals surface area contributed by atoms with Crippen molar-refractivity contribution in [2.75, 3.05) is 6.54 Å².